The number of hydrogen-bond acceptors (Lipinski definition) is 5. The maximum Gasteiger partial charge on any atom is 0.306 e. The zero-order valence-corrected chi connectivity index (χ0v) is 19.4. The Kier molecular flexibility index (Phi) is 13.9. The molecule has 0 aromatic heterocycles. The maximum absolute atomic E-state index is 12.2. The van der Waals surface area contributed by atoms with Gasteiger partial charge in [-0.05, 0) is 64.2 Å². The lowest BCUT2D eigenvalue weighted by Crippen LogP contribution is -2.22. The van der Waals surface area contributed by atoms with E-state index in [1.165, 1.54) is 19.3 Å². The molecule has 0 amide bonds. The minimum absolute atomic E-state index is 0.000453. The summed E-state index contributed by atoms with van der Waals surface area (Å²) in [5, 5.41) is 20.7. The molecule has 0 aromatic carbocycles. The molecule has 1 saturated carbocycles. The van der Waals surface area contributed by atoms with E-state index in [9.17, 15) is 19.8 Å². The molecule has 174 valence electrons. The van der Waals surface area contributed by atoms with Gasteiger partial charge in [-0.3, -0.25) is 9.59 Å². The zero-order chi connectivity index (χ0) is 22.4. The van der Waals surface area contributed by atoms with E-state index in [1.807, 2.05) is 26.0 Å². The molecule has 2 N–H and O–H groups in total. The van der Waals surface area contributed by atoms with E-state index in [1.54, 1.807) is 0 Å². The van der Waals surface area contributed by atoms with Crippen LogP contribution in [0.2, 0.25) is 0 Å². The number of esters is 1. The molecule has 30 heavy (non-hydrogen) atoms. The summed E-state index contributed by atoms with van der Waals surface area (Å²) >= 11 is 0. The number of allylic oxidation sites excluding steroid dienone is 2. The summed E-state index contributed by atoms with van der Waals surface area (Å²) in [5.41, 5.74) is 0. The van der Waals surface area contributed by atoms with Gasteiger partial charge in [0.15, 0.2) is 0 Å². The van der Waals surface area contributed by atoms with Crippen LogP contribution >= 0.6 is 0 Å². The molecule has 0 heterocycles. The molecule has 4 atom stereocenters. The molecule has 1 aliphatic rings. The average molecular weight is 425 g/mol. The molecule has 1 rings (SSSR count). The van der Waals surface area contributed by atoms with Crippen LogP contribution in [0.1, 0.15) is 104 Å². The van der Waals surface area contributed by atoms with Gasteiger partial charge in [0.05, 0.1) is 18.3 Å². The highest BCUT2D eigenvalue weighted by molar-refractivity contribution is 5.78. The third kappa shape index (κ3) is 11.3. The van der Waals surface area contributed by atoms with Crippen LogP contribution in [-0.2, 0) is 14.3 Å². The number of ketones is 1. The minimum atomic E-state index is -0.526. The van der Waals surface area contributed by atoms with Crippen molar-refractivity contribution in [1.29, 1.82) is 0 Å². The molecule has 0 radical (unpaired) electrons. The summed E-state index contributed by atoms with van der Waals surface area (Å²) in [6.45, 7) is 5.87. The molecule has 0 aromatic rings. The van der Waals surface area contributed by atoms with Crippen molar-refractivity contribution in [2.75, 3.05) is 0 Å². The Morgan fingerprint density at radius 2 is 1.63 bits per heavy atom. The van der Waals surface area contributed by atoms with Crippen molar-refractivity contribution >= 4 is 11.8 Å². The van der Waals surface area contributed by atoms with Crippen LogP contribution in [0.25, 0.3) is 0 Å². The van der Waals surface area contributed by atoms with Gasteiger partial charge in [-0.15, -0.1) is 0 Å². The molecular weight excluding hydrogens is 380 g/mol. The van der Waals surface area contributed by atoms with E-state index in [4.69, 9.17) is 4.74 Å². The van der Waals surface area contributed by atoms with Crippen LogP contribution in [0.15, 0.2) is 12.2 Å². The van der Waals surface area contributed by atoms with Crippen molar-refractivity contribution in [2.45, 2.75) is 123 Å². The van der Waals surface area contributed by atoms with Gasteiger partial charge < -0.3 is 14.9 Å². The monoisotopic (exact) mass is 424 g/mol. The summed E-state index contributed by atoms with van der Waals surface area (Å²) in [7, 11) is 0. The van der Waals surface area contributed by atoms with Crippen LogP contribution in [0.3, 0.4) is 0 Å². The van der Waals surface area contributed by atoms with Crippen molar-refractivity contribution in [1.82, 2.24) is 0 Å². The molecule has 0 spiro atoms. The van der Waals surface area contributed by atoms with Gasteiger partial charge in [0.2, 0.25) is 0 Å². The quantitative estimate of drug-likeness (QED) is 0.204. The van der Waals surface area contributed by atoms with Gasteiger partial charge >= 0.3 is 5.97 Å². The van der Waals surface area contributed by atoms with E-state index in [2.05, 4.69) is 6.92 Å². The highest BCUT2D eigenvalue weighted by atomic mass is 16.5. The number of Topliss-reactive ketones (excluding diaryl/α,β-unsaturated/α-hetero) is 1. The van der Waals surface area contributed by atoms with Crippen molar-refractivity contribution in [3.8, 4) is 0 Å². The SMILES string of the molecule is CCCCCCCC(=O)CC[C@@H]1[C@H](C/C=C\CCCC(=O)OC(C)C)[C@@H](O)C[C@H]1O. The van der Waals surface area contributed by atoms with E-state index in [0.29, 0.717) is 38.5 Å². The largest absolute Gasteiger partial charge is 0.463 e. The number of aliphatic hydroxyl groups is 2. The van der Waals surface area contributed by atoms with Crippen LogP contribution < -0.4 is 0 Å². The Bertz CT molecular complexity index is 514. The lowest BCUT2D eigenvalue weighted by Gasteiger charge is -2.22. The lowest BCUT2D eigenvalue weighted by atomic mass is 9.86. The summed E-state index contributed by atoms with van der Waals surface area (Å²) in [6, 6.07) is 0. The topological polar surface area (TPSA) is 83.8 Å². The lowest BCUT2D eigenvalue weighted by molar-refractivity contribution is -0.147. The van der Waals surface area contributed by atoms with Crippen LogP contribution in [0.5, 0.6) is 0 Å². The second-order valence-electron chi connectivity index (χ2n) is 9.08. The first-order valence-electron chi connectivity index (χ1n) is 12.1. The number of ether oxygens (including phenoxy) is 1. The third-order valence-corrected chi connectivity index (χ3v) is 6.03. The second-order valence-corrected chi connectivity index (χ2v) is 9.08. The fourth-order valence-corrected chi connectivity index (χ4v) is 4.34. The van der Waals surface area contributed by atoms with Crippen LogP contribution in [-0.4, -0.2) is 40.3 Å². The number of unbranched alkanes of at least 4 members (excludes halogenated alkanes) is 5. The van der Waals surface area contributed by atoms with Crippen molar-refractivity contribution in [3.63, 3.8) is 0 Å². The van der Waals surface area contributed by atoms with E-state index in [0.717, 1.165) is 25.7 Å². The van der Waals surface area contributed by atoms with Crippen molar-refractivity contribution in [2.24, 2.45) is 11.8 Å². The first kappa shape index (κ1) is 26.8. The molecule has 0 bridgehead atoms. The Balaban J connectivity index is 2.30. The fraction of sp³-hybridized carbons (Fsp3) is 0.840. The Hall–Kier alpha value is -1.20. The smallest absolute Gasteiger partial charge is 0.306 e. The summed E-state index contributed by atoms with van der Waals surface area (Å²) in [4.78, 5) is 23.7. The maximum atomic E-state index is 12.2. The normalized spacial score (nSPS) is 24.1. The highest BCUT2D eigenvalue weighted by Crippen LogP contribution is 2.38. The zero-order valence-electron chi connectivity index (χ0n) is 19.4. The fourth-order valence-electron chi connectivity index (χ4n) is 4.34. The van der Waals surface area contributed by atoms with Gasteiger partial charge in [-0.1, -0.05) is 44.8 Å². The van der Waals surface area contributed by atoms with E-state index < -0.39 is 12.2 Å². The summed E-state index contributed by atoms with van der Waals surface area (Å²) < 4.78 is 5.11. The van der Waals surface area contributed by atoms with Crippen molar-refractivity contribution < 1.29 is 24.5 Å². The number of aliphatic hydroxyl groups excluding tert-OH is 2. The molecule has 0 saturated heterocycles. The Morgan fingerprint density at radius 3 is 2.33 bits per heavy atom. The molecule has 1 aliphatic carbocycles. The van der Waals surface area contributed by atoms with E-state index in [-0.39, 0.29) is 29.7 Å². The first-order valence-corrected chi connectivity index (χ1v) is 12.1. The second kappa shape index (κ2) is 15.6. The van der Waals surface area contributed by atoms with Gasteiger partial charge in [0, 0.05) is 19.3 Å². The first-order chi connectivity index (χ1) is 14.3. The minimum Gasteiger partial charge on any atom is -0.463 e. The van der Waals surface area contributed by atoms with E-state index >= 15 is 0 Å². The number of rotatable bonds is 16. The summed E-state index contributed by atoms with van der Waals surface area (Å²) in [5.74, 6) is 0.0970. The van der Waals surface area contributed by atoms with Gasteiger partial charge in [-0.2, -0.15) is 0 Å². The highest BCUT2D eigenvalue weighted by Gasteiger charge is 2.40. The predicted octanol–water partition coefficient (Wildman–Crippen LogP) is 5.12. The Morgan fingerprint density at radius 1 is 0.933 bits per heavy atom. The molecular formula is C25H44O5. The molecule has 0 unspecified atom stereocenters. The molecule has 1 fully saturated rings. The van der Waals surface area contributed by atoms with Crippen LogP contribution in [0, 0.1) is 11.8 Å². The van der Waals surface area contributed by atoms with Gasteiger partial charge in [0.1, 0.15) is 5.78 Å². The summed E-state index contributed by atoms with van der Waals surface area (Å²) in [6.07, 6.45) is 13.5. The third-order valence-electron chi connectivity index (χ3n) is 6.03. The standard InChI is InChI=1S/C25H44O5/c1-4-5-6-7-10-13-20(26)16-17-22-21(23(27)18-24(22)28)14-11-8-9-12-15-25(29)30-19(2)3/h8,11,19,21-24,27-28H,4-7,9-10,12-18H2,1-3H3/b11-8-/t21-,22+,23-,24+/m0/s1. The predicted molar refractivity (Wildman–Crippen MR) is 120 cm³/mol. The average Bonchev–Trinajstić information content (AvgIpc) is 2.94. The Labute approximate surface area is 183 Å². The van der Waals surface area contributed by atoms with Crippen molar-refractivity contribution in [3.05, 3.63) is 12.2 Å². The van der Waals surface area contributed by atoms with Gasteiger partial charge in [0.25, 0.3) is 0 Å². The van der Waals surface area contributed by atoms with Gasteiger partial charge in [-0.25, -0.2) is 0 Å². The molecule has 0 aliphatic heterocycles. The van der Waals surface area contributed by atoms with Crippen LogP contribution in [0.4, 0.5) is 0 Å². The number of carbonyl (C=O) groups excluding carboxylic acids is 2. The number of carbonyl (C=O) groups is 2. The number of hydrogen-bond donors (Lipinski definition) is 2. The molecule has 5 nitrogen and oxygen atoms in total. The molecule has 5 heteroatoms.